The maximum atomic E-state index is 8.95. The van der Waals surface area contributed by atoms with Gasteiger partial charge in [-0.2, -0.15) is 4.57 Å². The van der Waals surface area contributed by atoms with Crippen LogP contribution >= 0.6 is 0 Å². The Bertz CT molecular complexity index is 526. The van der Waals surface area contributed by atoms with Gasteiger partial charge in [0, 0.05) is 6.61 Å². The van der Waals surface area contributed by atoms with Crippen LogP contribution in [-0.2, 0) is 6.42 Å². The molecule has 0 saturated heterocycles. The van der Waals surface area contributed by atoms with Gasteiger partial charge >= 0.3 is 0 Å². The molecule has 0 radical (unpaired) electrons. The second-order valence-corrected chi connectivity index (χ2v) is 4.85. The van der Waals surface area contributed by atoms with Crippen LogP contribution in [0.25, 0.3) is 5.69 Å². The van der Waals surface area contributed by atoms with Crippen LogP contribution in [0.1, 0.15) is 28.9 Å². The number of halogens is 1. The van der Waals surface area contributed by atoms with Gasteiger partial charge in [-0.1, -0.05) is 17.7 Å². The highest BCUT2D eigenvalue weighted by Crippen LogP contribution is 2.16. The summed E-state index contributed by atoms with van der Waals surface area (Å²) in [7, 11) is 0. The Hall–Kier alpha value is -1.13. The summed E-state index contributed by atoms with van der Waals surface area (Å²) >= 11 is 0. The molecule has 0 amide bonds. The number of benzene rings is 1. The minimum atomic E-state index is 0. The van der Waals surface area contributed by atoms with Gasteiger partial charge in [-0.25, -0.2) is 4.98 Å². The molecule has 104 valence electrons. The van der Waals surface area contributed by atoms with Gasteiger partial charge in [-0.05, 0) is 38.3 Å². The molecule has 0 aliphatic rings. The summed E-state index contributed by atoms with van der Waals surface area (Å²) < 4.78 is 2.19. The molecule has 0 bridgehead atoms. The van der Waals surface area contributed by atoms with Crippen LogP contribution in [0.15, 0.2) is 24.5 Å². The van der Waals surface area contributed by atoms with E-state index in [1.54, 1.807) is 0 Å². The van der Waals surface area contributed by atoms with Gasteiger partial charge in [0.05, 0.1) is 6.42 Å². The quantitative estimate of drug-likeness (QED) is 0.706. The smallest absolute Gasteiger partial charge is 0.259 e. The van der Waals surface area contributed by atoms with Gasteiger partial charge in [0.2, 0.25) is 0 Å². The first kappa shape index (κ1) is 15.9. The van der Waals surface area contributed by atoms with Crippen LogP contribution in [0.2, 0.25) is 0 Å². The van der Waals surface area contributed by atoms with E-state index in [9.17, 15) is 0 Å². The molecule has 0 aliphatic heterocycles. The molecule has 0 spiro atoms. The standard InChI is InChI=1S/C15H20N2O.BrH/c1-11-9-12(2)15(13(3)10-11)17-7-6-16-14(17)5-4-8-18;/h6-7,9-10,18H,4-5,8H2,1-3H3;1H. The molecular weight excluding hydrogens is 304 g/mol. The normalized spacial score (nSPS) is 10.3. The minimum Gasteiger partial charge on any atom is -1.00 e. The third kappa shape index (κ3) is 3.45. The lowest BCUT2D eigenvalue weighted by Gasteiger charge is -2.09. The SMILES string of the molecule is Cc1cc(C)c(-[n+]2cc[nH]c2CCCO)c(C)c1.[Br-]. The average molecular weight is 325 g/mol. The fourth-order valence-electron chi connectivity index (χ4n) is 2.57. The summed E-state index contributed by atoms with van der Waals surface area (Å²) in [6.07, 6.45) is 5.64. The van der Waals surface area contributed by atoms with Crippen LogP contribution in [0, 0.1) is 20.8 Å². The van der Waals surface area contributed by atoms with Gasteiger partial charge < -0.3 is 22.1 Å². The summed E-state index contributed by atoms with van der Waals surface area (Å²) in [4.78, 5) is 3.26. The number of aromatic nitrogens is 2. The molecule has 2 aromatic rings. The summed E-state index contributed by atoms with van der Waals surface area (Å²) in [6.45, 7) is 6.64. The van der Waals surface area contributed by atoms with Crippen LogP contribution in [0.4, 0.5) is 0 Å². The van der Waals surface area contributed by atoms with E-state index in [1.165, 1.54) is 22.4 Å². The zero-order valence-corrected chi connectivity index (χ0v) is 13.3. The molecule has 3 nitrogen and oxygen atoms in total. The zero-order valence-electron chi connectivity index (χ0n) is 11.7. The van der Waals surface area contributed by atoms with Crippen LogP contribution in [0.5, 0.6) is 0 Å². The summed E-state index contributed by atoms with van der Waals surface area (Å²) in [6, 6.07) is 4.41. The number of aryl methyl sites for hydroxylation is 4. The van der Waals surface area contributed by atoms with E-state index in [4.69, 9.17) is 5.11 Å². The second-order valence-electron chi connectivity index (χ2n) is 4.85. The van der Waals surface area contributed by atoms with Crippen molar-refractivity contribution in [3.8, 4) is 5.69 Å². The van der Waals surface area contributed by atoms with Crippen molar-refractivity contribution in [3.63, 3.8) is 0 Å². The Morgan fingerprint density at radius 2 is 1.79 bits per heavy atom. The van der Waals surface area contributed by atoms with Crippen LogP contribution in [-0.4, -0.2) is 16.7 Å². The average Bonchev–Trinajstić information content (AvgIpc) is 2.73. The Balaban J connectivity index is 0.00000180. The van der Waals surface area contributed by atoms with Crippen molar-refractivity contribution in [1.29, 1.82) is 0 Å². The largest absolute Gasteiger partial charge is 1.00 e. The lowest BCUT2D eigenvalue weighted by molar-refractivity contribution is -0.603. The second kappa shape index (κ2) is 6.87. The maximum Gasteiger partial charge on any atom is 0.259 e. The summed E-state index contributed by atoms with van der Waals surface area (Å²) in [5.74, 6) is 1.14. The Labute approximate surface area is 125 Å². The molecule has 1 heterocycles. The summed E-state index contributed by atoms with van der Waals surface area (Å²) in [5, 5.41) is 8.95. The van der Waals surface area contributed by atoms with E-state index in [1.807, 2.05) is 6.20 Å². The van der Waals surface area contributed by atoms with E-state index >= 15 is 0 Å². The fraction of sp³-hybridized carbons (Fsp3) is 0.400. The number of imidazole rings is 1. The fourth-order valence-corrected chi connectivity index (χ4v) is 2.57. The summed E-state index contributed by atoms with van der Waals surface area (Å²) in [5.41, 5.74) is 5.10. The Morgan fingerprint density at radius 1 is 1.16 bits per heavy atom. The molecule has 0 unspecified atom stereocenters. The number of hydrogen-bond acceptors (Lipinski definition) is 1. The van der Waals surface area contributed by atoms with Gasteiger partial charge in [0.25, 0.3) is 5.82 Å². The Kier molecular flexibility index (Phi) is 5.76. The highest BCUT2D eigenvalue weighted by molar-refractivity contribution is 5.43. The highest BCUT2D eigenvalue weighted by Gasteiger charge is 2.16. The van der Waals surface area contributed by atoms with E-state index in [0.717, 1.165) is 18.7 Å². The Morgan fingerprint density at radius 3 is 2.37 bits per heavy atom. The molecule has 0 aliphatic carbocycles. The van der Waals surface area contributed by atoms with Gasteiger partial charge in [0.15, 0.2) is 0 Å². The number of aliphatic hydroxyl groups is 1. The van der Waals surface area contributed by atoms with Crippen LogP contribution < -0.4 is 21.5 Å². The third-order valence-electron chi connectivity index (χ3n) is 3.21. The molecular formula is C15H21BrN2O. The van der Waals surface area contributed by atoms with Crippen molar-refractivity contribution in [2.45, 2.75) is 33.6 Å². The lowest BCUT2D eigenvalue weighted by Crippen LogP contribution is -3.00. The van der Waals surface area contributed by atoms with E-state index in [-0.39, 0.29) is 23.6 Å². The molecule has 0 saturated carbocycles. The molecule has 4 heteroatoms. The molecule has 19 heavy (non-hydrogen) atoms. The number of rotatable bonds is 4. The van der Waals surface area contributed by atoms with Crippen molar-refractivity contribution < 1.29 is 26.7 Å². The number of aromatic amines is 1. The number of nitrogens with zero attached hydrogens (tertiary/aromatic N) is 1. The molecule has 2 N–H and O–H groups in total. The number of hydrogen-bond donors (Lipinski definition) is 2. The first-order valence-electron chi connectivity index (χ1n) is 6.40. The third-order valence-corrected chi connectivity index (χ3v) is 3.21. The van der Waals surface area contributed by atoms with Crippen molar-refractivity contribution >= 4 is 0 Å². The van der Waals surface area contributed by atoms with Gasteiger partial charge in [0.1, 0.15) is 18.1 Å². The maximum absolute atomic E-state index is 8.95. The predicted octanol–water partition coefficient (Wildman–Crippen LogP) is -0.854. The van der Waals surface area contributed by atoms with Crippen molar-refractivity contribution in [2.75, 3.05) is 6.61 Å². The van der Waals surface area contributed by atoms with Crippen molar-refractivity contribution in [2.24, 2.45) is 0 Å². The first-order chi connectivity index (χ1) is 8.63. The van der Waals surface area contributed by atoms with Gasteiger partial charge in [-0.3, -0.25) is 0 Å². The molecule has 0 atom stereocenters. The molecule has 0 fully saturated rings. The van der Waals surface area contributed by atoms with Crippen molar-refractivity contribution in [3.05, 3.63) is 47.0 Å². The molecule has 1 aromatic carbocycles. The monoisotopic (exact) mass is 324 g/mol. The van der Waals surface area contributed by atoms with Gasteiger partial charge in [-0.15, -0.1) is 0 Å². The van der Waals surface area contributed by atoms with Crippen LogP contribution in [0.3, 0.4) is 0 Å². The highest BCUT2D eigenvalue weighted by atomic mass is 79.9. The van der Waals surface area contributed by atoms with Crippen molar-refractivity contribution in [1.82, 2.24) is 4.98 Å². The molecule has 1 aromatic heterocycles. The minimum absolute atomic E-state index is 0. The predicted molar refractivity (Wildman–Crippen MR) is 71.9 cm³/mol. The van der Waals surface area contributed by atoms with E-state index < -0.39 is 0 Å². The number of H-pyrrole nitrogens is 1. The number of nitrogens with one attached hydrogen (secondary N) is 1. The molecule has 2 rings (SSSR count). The zero-order chi connectivity index (χ0) is 13.1. The van der Waals surface area contributed by atoms with E-state index in [2.05, 4.69) is 48.7 Å². The topological polar surface area (TPSA) is 39.9 Å². The lowest BCUT2D eigenvalue weighted by atomic mass is 10.0. The number of aliphatic hydroxyl groups excluding tert-OH is 1. The first-order valence-corrected chi connectivity index (χ1v) is 6.40. The van der Waals surface area contributed by atoms with E-state index in [0.29, 0.717) is 0 Å².